The van der Waals surface area contributed by atoms with E-state index in [4.69, 9.17) is 5.84 Å². The van der Waals surface area contributed by atoms with Gasteiger partial charge in [-0.2, -0.15) is 31.4 Å². The van der Waals surface area contributed by atoms with Crippen LogP contribution in [0, 0.1) is 12.8 Å². The zero-order valence-electron chi connectivity index (χ0n) is 11.4. The summed E-state index contributed by atoms with van der Waals surface area (Å²) in [7, 11) is 0. The van der Waals surface area contributed by atoms with Gasteiger partial charge in [0.25, 0.3) is 0 Å². The van der Waals surface area contributed by atoms with Crippen LogP contribution in [0.2, 0.25) is 0 Å². The second-order valence-electron chi connectivity index (χ2n) is 4.63. The number of aryl methyl sites for hydroxylation is 2. The third-order valence-corrected chi connectivity index (χ3v) is 3.04. The third-order valence-electron chi connectivity index (χ3n) is 3.04. The zero-order valence-corrected chi connectivity index (χ0v) is 11.4. The van der Waals surface area contributed by atoms with Crippen LogP contribution in [0.3, 0.4) is 0 Å². The van der Waals surface area contributed by atoms with Gasteiger partial charge >= 0.3 is 12.4 Å². The summed E-state index contributed by atoms with van der Waals surface area (Å²) in [6.45, 7) is 3.63. The molecule has 0 amide bonds. The summed E-state index contributed by atoms with van der Waals surface area (Å²) in [5.74, 6) is 1.39. The summed E-state index contributed by atoms with van der Waals surface area (Å²) in [6.07, 6.45) is -11.4. The number of hydrogen-bond donors (Lipinski definition) is 2. The van der Waals surface area contributed by atoms with E-state index >= 15 is 0 Å². The number of rotatable bonds is 5. The molecule has 0 saturated heterocycles. The van der Waals surface area contributed by atoms with Crippen LogP contribution >= 0.6 is 0 Å². The van der Waals surface area contributed by atoms with Gasteiger partial charge in [0.05, 0.1) is 5.69 Å². The highest BCUT2D eigenvalue weighted by Crippen LogP contribution is 2.41. The summed E-state index contributed by atoms with van der Waals surface area (Å²) in [6, 6.07) is -0.580. The van der Waals surface area contributed by atoms with Crippen molar-refractivity contribution in [1.82, 2.24) is 15.2 Å². The van der Waals surface area contributed by atoms with Gasteiger partial charge in [0.1, 0.15) is 0 Å². The number of halogens is 6. The number of nitrogens with one attached hydrogen (secondary N) is 1. The molecule has 3 N–H and O–H groups in total. The standard InChI is InChI=1S/C11H16F6N4/c1-3-21-7(4-6(2)20-21)5-8(19-18)9(10(12,13)14)11(15,16)17/h4,8-9,19H,3,5,18H2,1-2H3. The van der Waals surface area contributed by atoms with Gasteiger partial charge in [0.2, 0.25) is 0 Å². The van der Waals surface area contributed by atoms with E-state index in [1.165, 1.54) is 10.7 Å². The Bertz CT molecular complexity index is 450. The number of aromatic nitrogens is 2. The highest BCUT2D eigenvalue weighted by molar-refractivity contribution is 5.11. The molecule has 0 spiro atoms. The van der Waals surface area contributed by atoms with E-state index in [1.54, 1.807) is 19.3 Å². The average Bonchev–Trinajstić information content (AvgIpc) is 2.64. The molecule has 1 unspecified atom stereocenters. The van der Waals surface area contributed by atoms with E-state index in [2.05, 4.69) is 5.10 Å². The molecule has 0 aliphatic heterocycles. The maximum Gasteiger partial charge on any atom is 0.402 e. The van der Waals surface area contributed by atoms with Gasteiger partial charge in [-0.3, -0.25) is 16.0 Å². The maximum absolute atomic E-state index is 12.7. The number of alkyl halides is 6. The van der Waals surface area contributed by atoms with Gasteiger partial charge in [-0.05, 0) is 19.9 Å². The molecular weight excluding hydrogens is 302 g/mol. The van der Waals surface area contributed by atoms with Gasteiger partial charge in [0, 0.05) is 24.7 Å². The van der Waals surface area contributed by atoms with Crippen LogP contribution in [0.1, 0.15) is 18.3 Å². The molecule has 122 valence electrons. The lowest BCUT2D eigenvalue weighted by molar-refractivity contribution is -0.291. The van der Waals surface area contributed by atoms with Gasteiger partial charge < -0.3 is 0 Å². The molecule has 4 nitrogen and oxygen atoms in total. The molecule has 0 aromatic carbocycles. The first-order chi connectivity index (χ1) is 9.50. The second kappa shape index (κ2) is 6.22. The fourth-order valence-electron chi connectivity index (χ4n) is 2.18. The van der Waals surface area contributed by atoms with Crippen molar-refractivity contribution in [3.63, 3.8) is 0 Å². The molecule has 1 aromatic heterocycles. The van der Waals surface area contributed by atoms with Crippen LogP contribution < -0.4 is 11.3 Å². The molecule has 0 fully saturated rings. The van der Waals surface area contributed by atoms with Crippen molar-refractivity contribution in [3.05, 3.63) is 17.5 Å². The number of hydrogen-bond acceptors (Lipinski definition) is 3. The summed E-state index contributed by atoms with van der Waals surface area (Å²) < 4.78 is 77.6. The van der Waals surface area contributed by atoms with Crippen molar-refractivity contribution >= 4 is 0 Å². The van der Waals surface area contributed by atoms with Gasteiger partial charge in [0.15, 0.2) is 5.92 Å². The first kappa shape index (κ1) is 17.8. The summed E-state index contributed by atoms with van der Waals surface area (Å²) in [5, 5.41) is 3.99. The average molecular weight is 318 g/mol. The van der Waals surface area contributed by atoms with E-state index in [1.807, 2.05) is 0 Å². The molecule has 0 bridgehead atoms. The fraction of sp³-hybridized carbons (Fsp3) is 0.727. The molecule has 1 heterocycles. The molecule has 0 aliphatic rings. The van der Waals surface area contributed by atoms with Crippen molar-refractivity contribution in [1.29, 1.82) is 0 Å². The highest BCUT2D eigenvalue weighted by atomic mass is 19.4. The Kier molecular flexibility index (Phi) is 5.26. The third kappa shape index (κ3) is 4.34. The summed E-state index contributed by atoms with van der Waals surface area (Å²) in [5.41, 5.74) is 2.42. The van der Waals surface area contributed by atoms with Crippen LogP contribution in [0.4, 0.5) is 26.3 Å². The van der Waals surface area contributed by atoms with E-state index in [0.29, 0.717) is 12.2 Å². The van der Waals surface area contributed by atoms with Crippen molar-refractivity contribution in [2.24, 2.45) is 11.8 Å². The number of nitrogens with zero attached hydrogens (tertiary/aromatic N) is 2. The predicted octanol–water partition coefficient (Wildman–Crippen LogP) is 2.33. The minimum absolute atomic E-state index is 0.261. The van der Waals surface area contributed by atoms with E-state index in [9.17, 15) is 26.3 Å². The smallest absolute Gasteiger partial charge is 0.271 e. The minimum Gasteiger partial charge on any atom is -0.271 e. The Morgan fingerprint density at radius 3 is 2.14 bits per heavy atom. The number of nitrogens with two attached hydrogens (primary N) is 1. The highest BCUT2D eigenvalue weighted by Gasteiger charge is 2.60. The largest absolute Gasteiger partial charge is 0.402 e. The predicted molar refractivity (Wildman–Crippen MR) is 63.1 cm³/mol. The van der Waals surface area contributed by atoms with Crippen LogP contribution in [0.15, 0.2) is 6.07 Å². The van der Waals surface area contributed by atoms with Crippen LogP contribution in [-0.2, 0) is 13.0 Å². The van der Waals surface area contributed by atoms with E-state index < -0.39 is 30.7 Å². The molecule has 1 atom stereocenters. The Morgan fingerprint density at radius 1 is 1.24 bits per heavy atom. The molecule has 0 radical (unpaired) electrons. The Hall–Kier alpha value is -1.29. The lowest BCUT2D eigenvalue weighted by Crippen LogP contribution is -2.54. The van der Waals surface area contributed by atoms with E-state index in [0.717, 1.165) is 0 Å². The minimum atomic E-state index is -5.44. The molecule has 21 heavy (non-hydrogen) atoms. The summed E-state index contributed by atoms with van der Waals surface area (Å²) in [4.78, 5) is 0. The maximum atomic E-state index is 12.7. The van der Waals surface area contributed by atoms with Crippen LogP contribution in [0.5, 0.6) is 0 Å². The topological polar surface area (TPSA) is 55.9 Å². The van der Waals surface area contributed by atoms with Crippen LogP contribution in [0.25, 0.3) is 0 Å². The quantitative estimate of drug-likeness (QED) is 0.498. The van der Waals surface area contributed by atoms with Gasteiger partial charge in [-0.25, -0.2) is 0 Å². The van der Waals surface area contributed by atoms with Crippen molar-refractivity contribution in [3.8, 4) is 0 Å². The van der Waals surface area contributed by atoms with Crippen molar-refractivity contribution < 1.29 is 26.3 Å². The molecule has 1 rings (SSSR count). The van der Waals surface area contributed by atoms with Crippen molar-refractivity contribution in [2.45, 2.75) is 45.2 Å². The molecular formula is C11H16F6N4. The number of hydrazine groups is 1. The summed E-state index contributed by atoms with van der Waals surface area (Å²) >= 11 is 0. The van der Waals surface area contributed by atoms with Gasteiger partial charge in [-0.1, -0.05) is 0 Å². The Morgan fingerprint density at radius 2 is 1.76 bits per heavy atom. The second-order valence-corrected chi connectivity index (χ2v) is 4.63. The zero-order chi connectivity index (χ0) is 16.4. The van der Waals surface area contributed by atoms with E-state index in [-0.39, 0.29) is 5.69 Å². The Labute approximate surface area is 117 Å². The molecule has 0 aliphatic carbocycles. The Balaban J connectivity index is 3.10. The van der Waals surface area contributed by atoms with Crippen LogP contribution in [-0.4, -0.2) is 28.2 Å². The van der Waals surface area contributed by atoms with Crippen molar-refractivity contribution in [2.75, 3.05) is 0 Å². The molecule has 10 heteroatoms. The fourth-order valence-corrected chi connectivity index (χ4v) is 2.18. The SMILES string of the molecule is CCn1nc(C)cc1CC(NN)C(C(F)(F)F)C(F)(F)F. The lowest BCUT2D eigenvalue weighted by Gasteiger charge is -2.30. The molecule has 0 saturated carbocycles. The first-order valence-corrected chi connectivity index (χ1v) is 6.13. The lowest BCUT2D eigenvalue weighted by atomic mass is 9.94. The first-order valence-electron chi connectivity index (χ1n) is 6.13. The molecule has 1 aromatic rings. The normalized spacial score (nSPS) is 14.8. The monoisotopic (exact) mass is 318 g/mol. The van der Waals surface area contributed by atoms with Gasteiger partial charge in [-0.15, -0.1) is 0 Å².